The van der Waals surface area contributed by atoms with E-state index in [9.17, 15) is 5.11 Å². The second kappa shape index (κ2) is 2.85. The number of para-hydroxylation sites is 1. The number of aromatic nitrogens is 1. The Labute approximate surface area is 82.8 Å². The van der Waals surface area contributed by atoms with Crippen LogP contribution in [0.4, 0.5) is 0 Å². The Hall–Kier alpha value is -1.28. The molecule has 3 rings (SSSR count). The summed E-state index contributed by atoms with van der Waals surface area (Å²) >= 11 is 0. The number of hydrogen-bond donors (Lipinski definition) is 1. The molecule has 1 aromatic heterocycles. The summed E-state index contributed by atoms with van der Waals surface area (Å²) in [6, 6.07) is 10.6. The molecular formula is C12H13NO. The van der Waals surface area contributed by atoms with E-state index in [2.05, 4.69) is 34.9 Å². The van der Waals surface area contributed by atoms with Crippen molar-refractivity contribution in [2.45, 2.75) is 25.5 Å². The number of aliphatic hydroxyl groups excluding tert-OH is 1. The Morgan fingerprint density at radius 3 is 3.07 bits per heavy atom. The maximum atomic E-state index is 9.61. The van der Waals surface area contributed by atoms with Gasteiger partial charge in [0.25, 0.3) is 0 Å². The highest BCUT2D eigenvalue weighted by Gasteiger charge is 2.17. The first kappa shape index (κ1) is 8.06. The van der Waals surface area contributed by atoms with Gasteiger partial charge in [-0.25, -0.2) is 0 Å². The van der Waals surface area contributed by atoms with Crippen molar-refractivity contribution < 1.29 is 5.11 Å². The van der Waals surface area contributed by atoms with Crippen LogP contribution in [-0.2, 0) is 13.0 Å². The van der Waals surface area contributed by atoms with E-state index in [0.29, 0.717) is 0 Å². The van der Waals surface area contributed by atoms with Crippen molar-refractivity contribution >= 4 is 10.9 Å². The van der Waals surface area contributed by atoms with Gasteiger partial charge >= 0.3 is 0 Å². The van der Waals surface area contributed by atoms with E-state index in [-0.39, 0.29) is 6.10 Å². The summed E-state index contributed by atoms with van der Waals surface area (Å²) in [7, 11) is 0. The largest absolute Gasteiger partial charge is 0.391 e. The molecule has 0 saturated heterocycles. The summed E-state index contributed by atoms with van der Waals surface area (Å²) in [5.41, 5.74) is 2.61. The van der Waals surface area contributed by atoms with E-state index in [4.69, 9.17) is 0 Å². The molecule has 2 nitrogen and oxygen atoms in total. The Morgan fingerprint density at radius 2 is 2.14 bits per heavy atom. The number of aryl methyl sites for hydroxylation is 1. The fourth-order valence-corrected chi connectivity index (χ4v) is 2.31. The van der Waals surface area contributed by atoms with E-state index in [1.54, 1.807) is 0 Å². The SMILES string of the molecule is OC1CCc2cc3ccccc3n2C1. The number of rotatable bonds is 0. The maximum Gasteiger partial charge on any atom is 0.0723 e. The average molecular weight is 187 g/mol. The maximum absolute atomic E-state index is 9.61. The first-order valence-corrected chi connectivity index (χ1v) is 5.10. The Bertz CT molecular complexity index is 472. The molecule has 0 aliphatic carbocycles. The zero-order valence-electron chi connectivity index (χ0n) is 7.98. The van der Waals surface area contributed by atoms with Gasteiger partial charge in [0.15, 0.2) is 0 Å². The highest BCUT2D eigenvalue weighted by Crippen LogP contribution is 2.25. The minimum Gasteiger partial charge on any atom is -0.391 e. The molecule has 0 radical (unpaired) electrons. The molecule has 0 amide bonds. The summed E-state index contributed by atoms with van der Waals surface area (Å²) in [4.78, 5) is 0. The molecule has 2 heterocycles. The molecule has 1 aliphatic rings. The Balaban J connectivity index is 2.25. The van der Waals surface area contributed by atoms with E-state index in [0.717, 1.165) is 19.4 Å². The number of nitrogens with zero attached hydrogens (tertiary/aromatic N) is 1. The second-order valence-corrected chi connectivity index (χ2v) is 4.00. The highest BCUT2D eigenvalue weighted by molar-refractivity contribution is 5.81. The molecule has 1 N–H and O–H groups in total. The first-order valence-electron chi connectivity index (χ1n) is 5.10. The van der Waals surface area contributed by atoms with Crippen molar-refractivity contribution in [1.82, 2.24) is 4.57 Å². The fourth-order valence-electron chi connectivity index (χ4n) is 2.31. The van der Waals surface area contributed by atoms with Gasteiger partial charge in [-0.2, -0.15) is 0 Å². The molecule has 1 aliphatic heterocycles. The van der Waals surface area contributed by atoms with Gasteiger partial charge in [0.1, 0.15) is 0 Å². The van der Waals surface area contributed by atoms with Crippen LogP contribution in [0.2, 0.25) is 0 Å². The van der Waals surface area contributed by atoms with Gasteiger partial charge in [-0.1, -0.05) is 18.2 Å². The lowest BCUT2D eigenvalue weighted by Crippen LogP contribution is -2.23. The molecule has 14 heavy (non-hydrogen) atoms. The van der Waals surface area contributed by atoms with Gasteiger partial charge in [-0.05, 0) is 30.4 Å². The molecule has 1 unspecified atom stereocenters. The number of hydrogen-bond acceptors (Lipinski definition) is 1. The normalized spacial score (nSPS) is 21.1. The van der Waals surface area contributed by atoms with Crippen LogP contribution in [0.5, 0.6) is 0 Å². The molecule has 0 spiro atoms. The first-order chi connectivity index (χ1) is 6.84. The summed E-state index contributed by atoms with van der Waals surface area (Å²) in [5.74, 6) is 0. The standard InChI is InChI=1S/C12H13NO/c14-11-6-5-10-7-9-3-1-2-4-12(9)13(10)8-11/h1-4,7,11,14H,5-6,8H2. The van der Waals surface area contributed by atoms with Crippen LogP contribution < -0.4 is 0 Å². The van der Waals surface area contributed by atoms with Crippen LogP contribution in [0, 0.1) is 0 Å². The zero-order chi connectivity index (χ0) is 9.54. The van der Waals surface area contributed by atoms with Gasteiger partial charge < -0.3 is 9.67 Å². The van der Waals surface area contributed by atoms with Gasteiger partial charge in [0.2, 0.25) is 0 Å². The molecule has 2 aromatic rings. The van der Waals surface area contributed by atoms with E-state index >= 15 is 0 Å². The minimum atomic E-state index is -0.168. The van der Waals surface area contributed by atoms with Crippen molar-refractivity contribution in [2.75, 3.05) is 0 Å². The van der Waals surface area contributed by atoms with E-state index < -0.39 is 0 Å². The lowest BCUT2D eigenvalue weighted by molar-refractivity contribution is 0.133. The summed E-state index contributed by atoms with van der Waals surface area (Å²) in [6.07, 6.45) is 1.73. The quantitative estimate of drug-likeness (QED) is 0.670. The smallest absolute Gasteiger partial charge is 0.0723 e. The van der Waals surface area contributed by atoms with Gasteiger partial charge in [-0.15, -0.1) is 0 Å². The average Bonchev–Trinajstić information content (AvgIpc) is 2.56. The van der Waals surface area contributed by atoms with Crippen LogP contribution in [0.1, 0.15) is 12.1 Å². The predicted octanol–water partition coefficient (Wildman–Crippen LogP) is 1.95. The van der Waals surface area contributed by atoms with Crippen molar-refractivity contribution in [3.63, 3.8) is 0 Å². The third-order valence-electron chi connectivity index (χ3n) is 3.02. The van der Waals surface area contributed by atoms with E-state index in [1.807, 2.05) is 0 Å². The molecule has 1 atom stereocenters. The molecular weight excluding hydrogens is 174 g/mol. The second-order valence-electron chi connectivity index (χ2n) is 4.00. The third kappa shape index (κ3) is 1.07. The van der Waals surface area contributed by atoms with Crippen LogP contribution in [0.3, 0.4) is 0 Å². The van der Waals surface area contributed by atoms with Crippen LogP contribution in [0.25, 0.3) is 10.9 Å². The monoisotopic (exact) mass is 187 g/mol. The van der Waals surface area contributed by atoms with Crippen LogP contribution >= 0.6 is 0 Å². The summed E-state index contributed by atoms with van der Waals surface area (Å²) in [6.45, 7) is 0.753. The third-order valence-corrected chi connectivity index (χ3v) is 3.02. The fraction of sp³-hybridized carbons (Fsp3) is 0.333. The summed E-state index contributed by atoms with van der Waals surface area (Å²) in [5, 5.41) is 10.9. The zero-order valence-corrected chi connectivity index (χ0v) is 7.98. The predicted molar refractivity (Wildman–Crippen MR) is 56.3 cm³/mol. The minimum absolute atomic E-state index is 0.168. The Kier molecular flexibility index (Phi) is 1.64. The topological polar surface area (TPSA) is 25.2 Å². The Morgan fingerprint density at radius 1 is 1.29 bits per heavy atom. The van der Waals surface area contributed by atoms with Gasteiger partial charge in [0, 0.05) is 17.8 Å². The molecule has 72 valence electrons. The molecule has 0 fully saturated rings. The number of aliphatic hydroxyl groups is 1. The lowest BCUT2D eigenvalue weighted by Gasteiger charge is -2.20. The molecule has 1 aromatic carbocycles. The molecule has 0 bridgehead atoms. The number of fused-ring (bicyclic) bond motifs is 3. The van der Waals surface area contributed by atoms with Crippen molar-refractivity contribution in [3.05, 3.63) is 36.0 Å². The lowest BCUT2D eigenvalue weighted by atomic mass is 10.1. The number of benzene rings is 1. The highest BCUT2D eigenvalue weighted by atomic mass is 16.3. The van der Waals surface area contributed by atoms with Gasteiger partial charge in [0.05, 0.1) is 6.10 Å². The van der Waals surface area contributed by atoms with Crippen LogP contribution in [0.15, 0.2) is 30.3 Å². The van der Waals surface area contributed by atoms with Crippen molar-refractivity contribution in [3.8, 4) is 0 Å². The van der Waals surface area contributed by atoms with Gasteiger partial charge in [-0.3, -0.25) is 0 Å². The van der Waals surface area contributed by atoms with Crippen molar-refractivity contribution in [1.29, 1.82) is 0 Å². The van der Waals surface area contributed by atoms with Crippen molar-refractivity contribution in [2.24, 2.45) is 0 Å². The van der Waals surface area contributed by atoms with Crippen LogP contribution in [-0.4, -0.2) is 15.8 Å². The van der Waals surface area contributed by atoms with E-state index in [1.165, 1.54) is 16.6 Å². The summed E-state index contributed by atoms with van der Waals surface area (Å²) < 4.78 is 2.24. The molecule has 0 saturated carbocycles. The molecule has 2 heteroatoms.